The van der Waals surface area contributed by atoms with Crippen LogP contribution in [0, 0.1) is 0 Å². The van der Waals surface area contributed by atoms with Crippen molar-refractivity contribution in [2.24, 2.45) is 0 Å². The molecule has 32 heavy (non-hydrogen) atoms. The molecule has 166 valence electrons. The van der Waals surface area contributed by atoms with Crippen molar-refractivity contribution >= 4 is 21.6 Å². The molecule has 3 aromatic rings. The van der Waals surface area contributed by atoms with Crippen LogP contribution in [0.4, 0.5) is 5.69 Å². The number of amides is 1. The quantitative estimate of drug-likeness (QED) is 0.562. The van der Waals surface area contributed by atoms with Crippen LogP contribution in [0.5, 0.6) is 17.2 Å². The molecule has 0 unspecified atom stereocenters. The van der Waals surface area contributed by atoms with E-state index < -0.39 is 15.9 Å². The van der Waals surface area contributed by atoms with Gasteiger partial charge in [0.05, 0.1) is 11.4 Å². The third-order valence-corrected chi connectivity index (χ3v) is 6.60. The first-order valence-electron chi connectivity index (χ1n) is 9.84. The highest BCUT2D eigenvalue weighted by atomic mass is 32.2. The van der Waals surface area contributed by atoms with E-state index in [1.54, 1.807) is 54.6 Å². The number of carbonyl (C=O) groups is 1. The average Bonchev–Trinajstić information content (AvgIpc) is 3.26. The van der Waals surface area contributed by atoms with Crippen molar-refractivity contribution in [1.82, 2.24) is 4.31 Å². The molecule has 4 rings (SSSR count). The number of ether oxygens (including phenoxy) is 3. The molecule has 1 aliphatic rings. The van der Waals surface area contributed by atoms with Crippen LogP contribution in [0.15, 0.2) is 77.7 Å². The van der Waals surface area contributed by atoms with E-state index in [0.717, 1.165) is 9.87 Å². The lowest BCUT2D eigenvalue weighted by molar-refractivity contribution is -0.116. The van der Waals surface area contributed by atoms with E-state index in [1.807, 2.05) is 6.07 Å². The van der Waals surface area contributed by atoms with Gasteiger partial charge in [-0.05, 0) is 42.0 Å². The third-order valence-electron chi connectivity index (χ3n) is 4.78. The third kappa shape index (κ3) is 5.01. The van der Waals surface area contributed by atoms with E-state index in [2.05, 4.69) is 5.32 Å². The summed E-state index contributed by atoms with van der Waals surface area (Å²) < 4.78 is 42.6. The molecule has 1 aliphatic heterocycles. The molecule has 0 spiro atoms. The molecule has 1 amide bonds. The summed E-state index contributed by atoms with van der Waals surface area (Å²) in [5.74, 6) is 1.51. The van der Waals surface area contributed by atoms with Gasteiger partial charge in [-0.25, -0.2) is 8.42 Å². The Labute approximate surface area is 186 Å². The maximum absolute atomic E-state index is 12.6. The molecule has 8 nitrogen and oxygen atoms in total. The molecule has 1 heterocycles. The minimum atomic E-state index is -3.74. The molecule has 0 atom stereocenters. The predicted octanol–water partition coefficient (Wildman–Crippen LogP) is 3.25. The largest absolute Gasteiger partial charge is 0.489 e. The Morgan fingerprint density at radius 1 is 1.00 bits per heavy atom. The van der Waals surface area contributed by atoms with Gasteiger partial charge in [0.1, 0.15) is 12.4 Å². The summed E-state index contributed by atoms with van der Waals surface area (Å²) in [6.45, 7) is 0.170. The van der Waals surface area contributed by atoms with E-state index in [9.17, 15) is 13.2 Å². The van der Waals surface area contributed by atoms with Gasteiger partial charge in [-0.2, -0.15) is 4.31 Å². The van der Waals surface area contributed by atoms with E-state index >= 15 is 0 Å². The van der Waals surface area contributed by atoms with Gasteiger partial charge in [0.25, 0.3) is 0 Å². The highest BCUT2D eigenvalue weighted by Gasteiger charge is 2.22. The van der Waals surface area contributed by atoms with E-state index in [4.69, 9.17) is 14.2 Å². The molecule has 0 aromatic heterocycles. The zero-order valence-electron chi connectivity index (χ0n) is 17.4. The van der Waals surface area contributed by atoms with Crippen LogP contribution in [0.3, 0.4) is 0 Å². The first-order valence-corrected chi connectivity index (χ1v) is 11.3. The molecule has 0 saturated carbocycles. The fourth-order valence-electron chi connectivity index (χ4n) is 3.13. The number of carbonyl (C=O) groups excluding carboxylic acids is 1. The number of anilines is 1. The van der Waals surface area contributed by atoms with Crippen molar-refractivity contribution in [1.29, 1.82) is 0 Å². The summed E-state index contributed by atoms with van der Waals surface area (Å²) in [4.78, 5) is 12.6. The number of hydrogen-bond acceptors (Lipinski definition) is 6. The SMILES string of the molecule is CN(CC(=O)Nc1cccc(COc2ccc3c(c2)OCO3)c1)S(=O)(=O)c1ccccc1. The van der Waals surface area contributed by atoms with Gasteiger partial charge in [0, 0.05) is 18.8 Å². The second kappa shape index (κ2) is 9.29. The summed E-state index contributed by atoms with van der Waals surface area (Å²) in [5.41, 5.74) is 1.39. The number of nitrogens with zero attached hydrogens (tertiary/aromatic N) is 1. The van der Waals surface area contributed by atoms with E-state index in [0.29, 0.717) is 22.9 Å². The van der Waals surface area contributed by atoms with Crippen molar-refractivity contribution in [3.63, 3.8) is 0 Å². The Bertz CT molecular complexity index is 1210. The van der Waals surface area contributed by atoms with Crippen LogP contribution in [0.2, 0.25) is 0 Å². The van der Waals surface area contributed by atoms with Crippen molar-refractivity contribution < 1.29 is 27.4 Å². The maximum atomic E-state index is 12.6. The van der Waals surface area contributed by atoms with Crippen molar-refractivity contribution in [3.8, 4) is 17.2 Å². The zero-order valence-corrected chi connectivity index (χ0v) is 18.2. The number of hydrogen-bond donors (Lipinski definition) is 1. The Hall–Kier alpha value is -3.56. The van der Waals surface area contributed by atoms with Gasteiger partial charge in [-0.15, -0.1) is 0 Å². The van der Waals surface area contributed by atoms with Gasteiger partial charge in [-0.3, -0.25) is 4.79 Å². The minimum Gasteiger partial charge on any atom is -0.489 e. The first-order chi connectivity index (χ1) is 15.4. The number of nitrogens with one attached hydrogen (secondary N) is 1. The lowest BCUT2D eigenvalue weighted by Crippen LogP contribution is -2.34. The molecule has 0 aliphatic carbocycles. The Kier molecular flexibility index (Phi) is 6.29. The predicted molar refractivity (Wildman–Crippen MR) is 118 cm³/mol. The highest BCUT2D eigenvalue weighted by Crippen LogP contribution is 2.35. The van der Waals surface area contributed by atoms with Crippen LogP contribution in [0.1, 0.15) is 5.56 Å². The molecular weight excluding hydrogens is 432 g/mol. The van der Waals surface area contributed by atoms with Crippen molar-refractivity contribution in [2.75, 3.05) is 25.7 Å². The fourth-order valence-corrected chi connectivity index (χ4v) is 4.28. The second-order valence-electron chi connectivity index (χ2n) is 7.13. The zero-order chi connectivity index (χ0) is 22.6. The summed E-state index contributed by atoms with van der Waals surface area (Å²) in [6.07, 6.45) is 0. The monoisotopic (exact) mass is 454 g/mol. The Morgan fingerprint density at radius 3 is 2.59 bits per heavy atom. The lowest BCUT2D eigenvalue weighted by atomic mass is 10.2. The Morgan fingerprint density at radius 2 is 1.78 bits per heavy atom. The van der Waals surface area contributed by atoms with Crippen LogP contribution in [-0.4, -0.2) is 39.0 Å². The second-order valence-corrected chi connectivity index (χ2v) is 9.17. The lowest BCUT2D eigenvalue weighted by Gasteiger charge is -2.17. The average molecular weight is 455 g/mol. The van der Waals surface area contributed by atoms with Gasteiger partial charge >= 0.3 is 0 Å². The number of sulfonamides is 1. The topological polar surface area (TPSA) is 94.2 Å². The van der Waals surface area contributed by atoms with Crippen LogP contribution < -0.4 is 19.5 Å². The number of likely N-dealkylation sites (N-methyl/N-ethyl adjacent to an activating group) is 1. The summed E-state index contributed by atoms with van der Waals surface area (Å²) in [7, 11) is -2.37. The van der Waals surface area contributed by atoms with Gasteiger partial charge in [0.15, 0.2) is 11.5 Å². The molecular formula is C23H22N2O6S. The molecule has 3 aromatic carbocycles. The van der Waals surface area contributed by atoms with Gasteiger partial charge in [0.2, 0.25) is 22.7 Å². The Balaban J connectivity index is 1.34. The minimum absolute atomic E-state index is 0.137. The molecule has 0 radical (unpaired) electrons. The van der Waals surface area contributed by atoms with Crippen molar-refractivity contribution in [3.05, 3.63) is 78.4 Å². The number of rotatable bonds is 8. The van der Waals surface area contributed by atoms with Crippen LogP contribution in [0.25, 0.3) is 0 Å². The van der Waals surface area contributed by atoms with Gasteiger partial charge in [-0.1, -0.05) is 30.3 Å². The van der Waals surface area contributed by atoms with Gasteiger partial charge < -0.3 is 19.5 Å². The summed E-state index contributed by atoms with van der Waals surface area (Å²) in [5, 5.41) is 2.73. The molecule has 9 heteroatoms. The smallest absolute Gasteiger partial charge is 0.243 e. The maximum Gasteiger partial charge on any atom is 0.243 e. The highest BCUT2D eigenvalue weighted by molar-refractivity contribution is 7.89. The normalized spacial score (nSPS) is 12.6. The first kappa shape index (κ1) is 21.7. The standard InChI is InChI=1S/C23H22N2O6S/c1-25(32(27,28)20-8-3-2-4-9-20)14-23(26)24-18-7-5-6-17(12-18)15-29-19-10-11-21-22(13-19)31-16-30-21/h2-13H,14-16H2,1H3,(H,24,26). The number of benzene rings is 3. The molecule has 0 fully saturated rings. The van der Waals surface area contributed by atoms with Crippen LogP contribution in [-0.2, 0) is 21.4 Å². The molecule has 0 bridgehead atoms. The number of fused-ring (bicyclic) bond motifs is 1. The molecule has 1 N–H and O–H groups in total. The molecule has 0 saturated heterocycles. The van der Waals surface area contributed by atoms with E-state index in [-0.39, 0.29) is 24.8 Å². The summed E-state index contributed by atoms with van der Waals surface area (Å²) >= 11 is 0. The van der Waals surface area contributed by atoms with E-state index in [1.165, 1.54) is 19.2 Å². The fraction of sp³-hybridized carbons (Fsp3) is 0.174. The van der Waals surface area contributed by atoms with Crippen molar-refractivity contribution in [2.45, 2.75) is 11.5 Å². The van der Waals surface area contributed by atoms with Crippen LogP contribution >= 0.6 is 0 Å². The summed E-state index contributed by atoms with van der Waals surface area (Å²) in [6, 6.07) is 20.5.